The molecular weight excluding hydrogens is 316 g/mol. The molecule has 0 bridgehead atoms. The molecule has 0 atom stereocenters. The number of anilines is 1. The highest BCUT2D eigenvalue weighted by molar-refractivity contribution is 7.92. The van der Waals surface area contributed by atoms with Gasteiger partial charge in [-0.3, -0.25) is 9.10 Å². The van der Waals surface area contributed by atoms with E-state index in [0.717, 1.165) is 23.4 Å². The molecule has 7 heteroatoms. The van der Waals surface area contributed by atoms with Crippen molar-refractivity contribution in [3.05, 3.63) is 24.3 Å². The van der Waals surface area contributed by atoms with Crippen molar-refractivity contribution >= 4 is 21.6 Å². The second kappa shape index (κ2) is 7.21. The Morgan fingerprint density at radius 2 is 1.78 bits per heavy atom. The van der Waals surface area contributed by atoms with Crippen LogP contribution in [-0.2, 0) is 14.8 Å². The first-order valence-electron chi connectivity index (χ1n) is 7.79. The molecule has 1 amide bonds. The summed E-state index contributed by atoms with van der Waals surface area (Å²) in [5.41, 5.74) is 0.469. The van der Waals surface area contributed by atoms with Crippen molar-refractivity contribution in [2.45, 2.75) is 32.8 Å². The number of nitrogens with zero attached hydrogens (tertiary/aromatic N) is 2. The number of hydrogen-bond acceptors (Lipinski definition) is 4. The van der Waals surface area contributed by atoms with E-state index in [2.05, 4.69) is 0 Å². The Bertz CT molecular complexity index is 635. The predicted octanol–water partition coefficient (Wildman–Crippen LogP) is 1.86. The van der Waals surface area contributed by atoms with Crippen LogP contribution in [0.25, 0.3) is 0 Å². The van der Waals surface area contributed by atoms with Crippen molar-refractivity contribution in [1.29, 1.82) is 0 Å². The maximum Gasteiger partial charge on any atom is 0.243 e. The summed E-state index contributed by atoms with van der Waals surface area (Å²) in [7, 11) is -3.53. The molecule has 0 saturated carbocycles. The van der Waals surface area contributed by atoms with E-state index in [9.17, 15) is 13.2 Å². The first-order valence-corrected chi connectivity index (χ1v) is 9.64. The van der Waals surface area contributed by atoms with E-state index in [-0.39, 0.29) is 18.6 Å². The van der Waals surface area contributed by atoms with Gasteiger partial charge in [-0.1, -0.05) is 0 Å². The van der Waals surface area contributed by atoms with Gasteiger partial charge in [0.05, 0.1) is 18.0 Å². The zero-order chi connectivity index (χ0) is 17.0. The minimum atomic E-state index is -3.53. The van der Waals surface area contributed by atoms with E-state index in [4.69, 9.17) is 4.74 Å². The van der Waals surface area contributed by atoms with Gasteiger partial charge in [0, 0.05) is 13.1 Å². The smallest absolute Gasteiger partial charge is 0.243 e. The molecule has 23 heavy (non-hydrogen) atoms. The summed E-state index contributed by atoms with van der Waals surface area (Å²) < 4.78 is 30.8. The van der Waals surface area contributed by atoms with Gasteiger partial charge in [-0.15, -0.1) is 0 Å². The highest BCUT2D eigenvalue weighted by atomic mass is 32.2. The fourth-order valence-corrected chi connectivity index (χ4v) is 3.40. The van der Waals surface area contributed by atoms with Crippen LogP contribution in [0.3, 0.4) is 0 Å². The molecule has 2 rings (SSSR count). The van der Waals surface area contributed by atoms with Gasteiger partial charge < -0.3 is 9.64 Å². The topological polar surface area (TPSA) is 66.9 Å². The number of likely N-dealkylation sites (tertiary alicyclic amines) is 1. The lowest BCUT2D eigenvalue weighted by Crippen LogP contribution is -2.41. The van der Waals surface area contributed by atoms with Gasteiger partial charge >= 0.3 is 0 Å². The van der Waals surface area contributed by atoms with Gasteiger partial charge in [0.1, 0.15) is 12.3 Å². The molecule has 1 heterocycles. The zero-order valence-corrected chi connectivity index (χ0v) is 14.7. The third-order valence-corrected chi connectivity index (χ3v) is 4.78. The van der Waals surface area contributed by atoms with E-state index in [1.165, 1.54) is 0 Å². The SMILES string of the molecule is CC(C)Oc1ccc(N(CC(=O)N2CCCC2)S(C)(=O)=O)cc1. The largest absolute Gasteiger partial charge is 0.491 e. The maximum atomic E-state index is 12.3. The lowest BCUT2D eigenvalue weighted by Gasteiger charge is -2.25. The molecule has 0 aliphatic carbocycles. The van der Waals surface area contributed by atoms with Crippen LogP contribution in [0, 0.1) is 0 Å². The molecule has 1 fully saturated rings. The average molecular weight is 340 g/mol. The summed E-state index contributed by atoms with van der Waals surface area (Å²) in [6.07, 6.45) is 3.11. The summed E-state index contributed by atoms with van der Waals surface area (Å²) in [6.45, 7) is 5.09. The second-order valence-corrected chi connectivity index (χ2v) is 7.92. The third kappa shape index (κ3) is 4.86. The van der Waals surface area contributed by atoms with Crippen LogP contribution in [0.2, 0.25) is 0 Å². The fourth-order valence-electron chi connectivity index (χ4n) is 2.55. The fraction of sp³-hybridized carbons (Fsp3) is 0.562. The van der Waals surface area contributed by atoms with Crippen molar-refractivity contribution in [1.82, 2.24) is 4.90 Å². The van der Waals surface area contributed by atoms with E-state index in [0.29, 0.717) is 24.5 Å². The van der Waals surface area contributed by atoms with Gasteiger partial charge in [-0.05, 0) is 51.0 Å². The number of rotatable bonds is 6. The molecule has 1 saturated heterocycles. The van der Waals surface area contributed by atoms with E-state index in [1.54, 1.807) is 29.2 Å². The van der Waals surface area contributed by atoms with Crippen LogP contribution in [0.1, 0.15) is 26.7 Å². The summed E-state index contributed by atoms with van der Waals surface area (Å²) in [4.78, 5) is 14.0. The lowest BCUT2D eigenvalue weighted by atomic mass is 10.3. The highest BCUT2D eigenvalue weighted by Gasteiger charge is 2.25. The standard InChI is InChI=1S/C16H24N2O4S/c1-13(2)22-15-8-6-14(7-9-15)18(23(3,20)21)12-16(19)17-10-4-5-11-17/h6-9,13H,4-5,10-12H2,1-3H3. The normalized spacial score (nSPS) is 15.0. The number of ether oxygens (including phenoxy) is 1. The number of sulfonamides is 1. The molecule has 0 spiro atoms. The summed E-state index contributed by atoms with van der Waals surface area (Å²) >= 11 is 0. The Balaban J connectivity index is 2.16. The van der Waals surface area contributed by atoms with Gasteiger partial charge in [0.25, 0.3) is 0 Å². The Kier molecular flexibility index (Phi) is 5.51. The van der Waals surface area contributed by atoms with E-state index < -0.39 is 10.0 Å². The Labute approximate surface area is 138 Å². The van der Waals surface area contributed by atoms with Crippen molar-refractivity contribution in [2.24, 2.45) is 0 Å². The Morgan fingerprint density at radius 1 is 1.22 bits per heavy atom. The minimum absolute atomic E-state index is 0.0450. The van der Waals surface area contributed by atoms with Gasteiger partial charge in [-0.2, -0.15) is 0 Å². The molecule has 1 aromatic carbocycles. The van der Waals surface area contributed by atoms with Crippen molar-refractivity contribution < 1.29 is 17.9 Å². The molecule has 1 aliphatic heterocycles. The molecule has 0 N–H and O–H groups in total. The Hall–Kier alpha value is -1.76. The first kappa shape index (κ1) is 17.6. The van der Waals surface area contributed by atoms with Crippen LogP contribution >= 0.6 is 0 Å². The highest BCUT2D eigenvalue weighted by Crippen LogP contribution is 2.22. The predicted molar refractivity (Wildman–Crippen MR) is 90.2 cm³/mol. The maximum absolute atomic E-state index is 12.3. The van der Waals surface area contributed by atoms with Crippen LogP contribution < -0.4 is 9.04 Å². The number of carbonyl (C=O) groups excluding carboxylic acids is 1. The average Bonchev–Trinajstić information content (AvgIpc) is 2.98. The molecule has 1 aliphatic rings. The lowest BCUT2D eigenvalue weighted by molar-refractivity contribution is -0.128. The van der Waals surface area contributed by atoms with Crippen LogP contribution in [-0.4, -0.2) is 51.2 Å². The molecule has 128 valence electrons. The van der Waals surface area contributed by atoms with Crippen molar-refractivity contribution in [3.8, 4) is 5.75 Å². The molecular formula is C16H24N2O4S. The quantitative estimate of drug-likeness (QED) is 0.793. The molecule has 1 aromatic rings. The number of carbonyl (C=O) groups is 1. The number of benzene rings is 1. The first-order chi connectivity index (χ1) is 10.8. The molecule has 0 radical (unpaired) electrons. The molecule has 0 unspecified atom stereocenters. The van der Waals surface area contributed by atoms with Crippen LogP contribution in [0.15, 0.2) is 24.3 Å². The van der Waals surface area contributed by atoms with Gasteiger partial charge in [-0.25, -0.2) is 8.42 Å². The molecule has 0 aromatic heterocycles. The summed E-state index contributed by atoms with van der Waals surface area (Å²) in [5, 5.41) is 0. The van der Waals surface area contributed by atoms with Gasteiger partial charge in [0.15, 0.2) is 0 Å². The third-order valence-electron chi connectivity index (χ3n) is 3.63. The summed E-state index contributed by atoms with van der Waals surface area (Å²) in [6, 6.07) is 6.76. The minimum Gasteiger partial charge on any atom is -0.491 e. The van der Waals surface area contributed by atoms with E-state index >= 15 is 0 Å². The van der Waals surface area contributed by atoms with E-state index in [1.807, 2.05) is 13.8 Å². The summed E-state index contributed by atoms with van der Waals surface area (Å²) in [5.74, 6) is 0.513. The second-order valence-electron chi connectivity index (χ2n) is 6.02. The molecule has 6 nitrogen and oxygen atoms in total. The van der Waals surface area contributed by atoms with Crippen molar-refractivity contribution in [3.63, 3.8) is 0 Å². The monoisotopic (exact) mass is 340 g/mol. The van der Waals surface area contributed by atoms with Gasteiger partial charge in [0.2, 0.25) is 15.9 Å². The van der Waals surface area contributed by atoms with Crippen molar-refractivity contribution in [2.75, 3.05) is 30.2 Å². The van der Waals surface area contributed by atoms with Crippen LogP contribution in [0.4, 0.5) is 5.69 Å². The number of amides is 1. The number of hydrogen-bond donors (Lipinski definition) is 0. The Morgan fingerprint density at radius 3 is 2.26 bits per heavy atom. The zero-order valence-electron chi connectivity index (χ0n) is 13.9. The van der Waals surface area contributed by atoms with Crippen LogP contribution in [0.5, 0.6) is 5.75 Å².